The molecule has 2 N–H and O–H groups in total. The van der Waals surface area contributed by atoms with Crippen molar-refractivity contribution in [3.05, 3.63) is 23.3 Å². The van der Waals surface area contributed by atoms with E-state index < -0.39 is 0 Å². The molecule has 17 heavy (non-hydrogen) atoms. The Morgan fingerprint density at radius 1 is 1.18 bits per heavy atom. The second kappa shape index (κ2) is 5.92. The number of ether oxygens (including phenoxy) is 2. The number of hydrogen-bond acceptors (Lipinski definition) is 3. The van der Waals surface area contributed by atoms with Crippen molar-refractivity contribution in [2.24, 2.45) is 11.7 Å². The number of rotatable bonds is 5. The minimum atomic E-state index is 0.0415. The van der Waals surface area contributed by atoms with Crippen molar-refractivity contribution in [1.29, 1.82) is 0 Å². The lowest BCUT2D eigenvalue weighted by Crippen LogP contribution is -2.19. The summed E-state index contributed by atoms with van der Waals surface area (Å²) in [5, 5.41) is 0. The molecule has 1 aromatic rings. The van der Waals surface area contributed by atoms with Gasteiger partial charge in [0.15, 0.2) is 11.5 Å². The van der Waals surface area contributed by atoms with Gasteiger partial charge in [-0.3, -0.25) is 0 Å². The van der Waals surface area contributed by atoms with Gasteiger partial charge in [0.05, 0.1) is 14.2 Å². The summed E-state index contributed by atoms with van der Waals surface area (Å²) in [7, 11) is 3.29. The number of benzene rings is 1. The molecule has 0 spiro atoms. The molecule has 0 heterocycles. The van der Waals surface area contributed by atoms with Gasteiger partial charge in [-0.15, -0.1) is 0 Å². The number of aryl methyl sites for hydroxylation is 1. The molecule has 0 fully saturated rings. The molecule has 1 aromatic carbocycles. The van der Waals surface area contributed by atoms with E-state index in [0.717, 1.165) is 29.0 Å². The SMILES string of the molecule is CCC(C)C(N)c1cc(OC)c(OC)cc1C. The fourth-order valence-electron chi connectivity index (χ4n) is 1.92. The Morgan fingerprint density at radius 2 is 1.71 bits per heavy atom. The molecule has 0 saturated carbocycles. The molecule has 0 aliphatic rings. The molecule has 0 bridgehead atoms. The van der Waals surface area contributed by atoms with Crippen molar-refractivity contribution in [2.45, 2.75) is 33.2 Å². The number of nitrogens with two attached hydrogens (primary N) is 1. The molecule has 3 nitrogen and oxygen atoms in total. The molecule has 0 radical (unpaired) electrons. The fraction of sp³-hybridized carbons (Fsp3) is 0.571. The van der Waals surface area contributed by atoms with E-state index in [1.807, 2.05) is 12.1 Å². The second-order valence-corrected chi connectivity index (χ2v) is 4.48. The van der Waals surface area contributed by atoms with Crippen molar-refractivity contribution in [3.8, 4) is 11.5 Å². The van der Waals surface area contributed by atoms with Gasteiger partial charge in [0.2, 0.25) is 0 Å². The summed E-state index contributed by atoms with van der Waals surface area (Å²) in [6, 6.07) is 4.02. The number of hydrogen-bond donors (Lipinski definition) is 1. The molecule has 2 unspecified atom stereocenters. The summed E-state index contributed by atoms with van der Waals surface area (Å²) < 4.78 is 10.6. The van der Waals surface area contributed by atoms with Gasteiger partial charge in [-0.05, 0) is 36.1 Å². The van der Waals surface area contributed by atoms with E-state index in [1.54, 1.807) is 14.2 Å². The lowest BCUT2D eigenvalue weighted by atomic mass is 9.90. The van der Waals surface area contributed by atoms with Crippen molar-refractivity contribution in [2.75, 3.05) is 14.2 Å². The topological polar surface area (TPSA) is 44.5 Å². The van der Waals surface area contributed by atoms with Crippen LogP contribution >= 0.6 is 0 Å². The van der Waals surface area contributed by atoms with Gasteiger partial charge in [-0.25, -0.2) is 0 Å². The number of methoxy groups -OCH3 is 2. The van der Waals surface area contributed by atoms with Gasteiger partial charge < -0.3 is 15.2 Å². The van der Waals surface area contributed by atoms with Gasteiger partial charge in [0.25, 0.3) is 0 Å². The predicted octanol–water partition coefficient (Wildman–Crippen LogP) is 3.06. The maximum Gasteiger partial charge on any atom is 0.161 e. The highest BCUT2D eigenvalue weighted by atomic mass is 16.5. The summed E-state index contributed by atoms with van der Waals surface area (Å²) in [6.45, 7) is 6.38. The van der Waals surface area contributed by atoms with Crippen LogP contribution < -0.4 is 15.2 Å². The average molecular weight is 237 g/mol. The van der Waals surface area contributed by atoms with Crippen molar-refractivity contribution in [3.63, 3.8) is 0 Å². The van der Waals surface area contributed by atoms with Crippen LogP contribution in [-0.4, -0.2) is 14.2 Å². The minimum absolute atomic E-state index is 0.0415. The molecule has 0 aliphatic heterocycles. The maximum absolute atomic E-state index is 6.27. The van der Waals surface area contributed by atoms with Crippen LogP contribution in [0.5, 0.6) is 11.5 Å². The molecule has 0 aliphatic carbocycles. The maximum atomic E-state index is 6.27. The quantitative estimate of drug-likeness (QED) is 0.856. The van der Waals surface area contributed by atoms with Crippen LogP contribution in [0.15, 0.2) is 12.1 Å². The Bertz CT molecular complexity index is 377. The second-order valence-electron chi connectivity index (χ2n) is 4.48. The zero-order chi connectivity index (χ0) is 13.0. The Hall–Kier alpha value is -1.22. The first-order valence-corrected chi connectivity index (χ1v) is 6.03. The van der Waals surface area contributed by atoms with E-state index in [1.165, 1.54) is 0 Å². The molecule has 3 heteroatoms. The highest BCUT2D eigenvalue weighted by Gasteiger charge is 2.18. The summed E-state index contributed by atoms with van der Waals surface area (Å²) >= 11 is 0. The predicted molar refractivity (Wildman–Crippen MR) is 70.7 cm³/mol. The van der Waals surface area contributed by atoms with Gasteiger partial charge >= 0.3 is 0 Å². The molecule has 96 valence electrons. The van der Waals surface area contributed by atoms with E-state index in [-0.39, 0.29) is 6.04 Å². The molecular formula is C14H23NO2. The Labute approximate surface area is 104 Å². The Kier molecular flexibility index (Phi) is 4.82. The summed E-state index contributed by atoms with van der Waals surface area (Å²) in [5.41, 5.74) is 8.55. The third kappa shape index (κ3) is 2.91. The van der Waals surface area contributed by atoms with Crippen LogP contribution in [0.2, 0.25) is 0 Å². The lowest BCUT2D eigenvalue weighted by molar-refractivity contribution is 0.352. The van der Waals surface area contributed by atoms with Gasteiger partial charge in [-0.2, -0.15) is 0 Å². The monoisotopic (exact) mass is 237 g/mol. The fourth-order valence-corrected chi connectivity index (χ4v) is 1.92. The molecule has 0 amide bonds. The highest BCUT2D eigenvalue weighted by molar-refractivity contribution is 5.48. The minimum Gasteiger partial charge on any atom is -0.493 e. The first-order chi connectivity index (χ1) is 8.04. The lowest BCUT2D eigenvalue weighted by Gasteiger charge is -2.22. The van der Waals surface area contributed by atoms with E-state index in [0.29, 0.717) is 5.92 Å². The largest absolute Gasteiger partial charge is 0.493 e. The molecular weight excluding hydrogens is 214 g/mol. The highest BCUT2D eigenvalue weighted by Crippen LogP contribution is 2.34. The van der Waals surface area contributed by atoms with Crippen molar-refractivity contribution in [1.82, 2.24) is 0 Å². The zero-order valence-corrected chi connectivity index (χ0v) is 11.4. The van der Waals surface area contributed by atoms with Crippen LogP contribution in [-0.2, 0) is 0 Å². The average Bonchev–Trinajstić information content (AvgIpc) is 2.36. The molecule has 2 atom stereocenters. The first-order valence-electron chi connectivity index (χ1n) is 6.03. The third-order valence-electron chi connectivity index (χ3n) is 3.39. The summed E-state index contributed by atoms with van der Waals surface area (Å²) in [5.74, 6) is 1.95. The van der Waals surface area contributed by atoms with Crippen LogP contribution in [0.25, 0.3) is 0 Å². The standard InChI is InChI=1S/C14H23NO2/c1-6-9(2)14(15)11-8-13(17-5)12(16-4)7-10(11)3/h7-9,14H,6,15H2,1-5H3. The van der Waals surface area contributed by atoms with Crippen molar-refractivity contribution < 1.29 is 9.47 Å². The molecule has 1 rings (SSSR count). The van der Waals surface area contributed by atoms with Gasteiger partial charge in [-0.1, -0.05) is 20.3 Å². The normalized spacial score (nSPS) is 14.2. The van der Waals surface area contributed by atoms with E-state index in [4.69, 9.17) is 15.2 Å². The van der Waals surface area contributed by atoms with Crippen molar-refractivity contribution >= 4 is 0 Å². The van der Waals surface area contributed by atoms with Crippen LogP contribution in [0.1, 0.15) is 37.4 Å². The van der Waals surface area contributed by atoms with E-state index >= 15 is 0 Å². The van der Waals surface area contributed by atoms with Crippen LogP contribution in [0.4, 0.5) is 0 Å². The van der Waals surface area contributed by atoms with Crippen LogP contribution in [0, 0.1) is 12.8 Å². The van der Waals surface area contributed by atoms with Gasteiger partial charge in [0, 0.05) is 6.04 Å². The van der Waals surface area contributed by atoms with E-state index in [9.17, 15) is 0 Å². The summed E-state index contributed by atoms with van der Waals surface area (Å²) in [4.78, 5) is 0. The zero-order valence-electron chi connectivity index (χ0n) is 11.4. The third-order valence-corrected chi connectivity index (χ3v) is 3.39. The van der Waals surface area contributed by atoms with E-state index in [2.05, 4.69) is 20.8 Å². The first kappa shape index (κ1) is 13.8. The summed E-state index contributed by atoms with van der Waals surface area (Å²) in [6.07, 6.45) is 1.06. The molecule has 0 aromatic heterocycles. The van der Waals surface area contributed by atoms with Crippen LogP contribution in [0.3, 0.4) is 0 Å². The molecule has 0 saturated heterocycles. The Balaban J connectivity index is 3.16. The Morgan fingerprint density at radius 3 is 2.18 bits per heavy atom. The smallest absolute Gasteiger partial charge is 0.161 e. The van der Waals surface area contributed by atoms with Gasteiger partial charge in [0.1, 0.15) is 0 Å².